The van der Waals surface area contributed by atoms with Crippen molar-refractivity contribution in [2.24, 2.45) is 0 Å². The molecule has 2 aliphatic heterocycles. The van der Waals surface area contributed by atoms with E-state index in [9.17, 15) is 0 Å². The number of ether oxygens (including phenoxy) is 1. The maximum Gasteiger partial charge on any atom is 0.0857 e. The molecule has 2 aliphatic rings. The van der Waals surface area contributed by atoms with Crippen molar-refractivity contribution in [3.8, 4) is 0 Å². The van der Waals surface area contributed by atoms with E-state index in [2.05, 4.69) is 6.07 Å². The number of benzene rings is 1. The minimum absolute atomic E-state index is 0.297. The van der Waals surface area contributed by atoms with Gasteiger partial charge in [-0.25, -0.2) is 0 Å². The lowest BCUT2D eigenvalue weighted by Gasteiger charge is -2.12. The smallest absolute Gasteiger partial charge is 0.0857 e. The van der Waals surface area contributed by atoms with Crippen molar-refractivity contribution in [2.75, 3.05) is 5.73 Å². The lowest BCUT2D eigenvalue weighted by molar-refractivity contribution is 0.0719. The van der Waals surface area contributed by atoms with Crippen LogP contribution in [0.3, 0.4) is 0 Å². The van der Waals surface area contributed by atoms with Crippen LogP contribution in [0.2, 0.25) is 0 Å². The summed E-state index contributed by atoms with van der Waals surface area (Å²) >= 11 is 0. The third-order valence-corrected chi connectivity index (χ3v) is 2.86. The topological polar surface area (TPSA) is 35.2 Å². The van der Waals surface area contributed by atoms with Gasteiger partial charge >= 0.3 is 0 Å². The van der Waals surface area contributed by atoms with Crippen molar-refractivity contribution in [3.63, 3.8) is 0 Å². The first-order valence-corrected chi connectivity index (χ1v) is 4.40. The van der Waals surface area contributed by atoms with Gasteiger partial charge in [0.25, 0.3) is 0 Å². The van der Waals surface area contributed by atoms with Crippen LogP contribution in [0.4, 0.5) is 5.69 Å². The quantitative estimate of drug-likeness (QED) is 0.592. The SMILES string of the molecule is Nc1cccc2c1[C@@H]1CC[C@H]2O1. The molecule has 0 spiro atoms. The van der Waals surface area contributed by atoms with Crippen molar-refractivity contribution >= 4 is 5.69 Å². The Morgan fingerprint density at radius 3 is 2.92 bits per heavy atom. The highest BCUT2D eigenvalue weighted by atomic mass is 16.5. The van der Waals surface area contributed by atoms with Crippen LogP contribution in [0.1, 0.15) is 36.2 Å². The first-order chi connectivity index (χ1) is 5.86. The summed E-state index contributed by atoms with van der Waals surface area (Å²) in [5, 5.41) is 0. The fraction of sp³-hybridized carbons (Fsp3) is 0.400. The summed E-state index contributed by atoms with van der Waals surface area (Å²) in [6, 6.07) is 6.11. The number of rotatable bonds is 0. The molecule has 0 saturated carbocycles. The molecule has 1 aromatic rings. The minimum Gasteiger partial charge on any atom is -0.398 e. The molecule has 2 heterocycles. The Labute approximate surface area is 71.3 Å². The van der Waals surface area contributed by atoms with Crippen molar-refractivity contribution in [2.45, 2.75) is 25.0 Å². The third-order valence-electron chi connectivity index (χ3n) is 2.86. The maximum absolute atomic E-state index is 5.88. The van der Waals surface area contributed by atoms with Crippen LogP contribution in [0, 0.1) is 0 Å². The number of fused-ring (bicyclic) bond motifs is 5. The lowest BCUT2D eigenvalue weighted by Crippen LogP contribution is -2.01. The first-order valence-electron chi connectivity index (χ1n) is 4.40. The van der Waals surface area contributed by atoms with E-state index in [1.807, 2.05) is 12.1 Å². The average Bonchev–Trinajstić information content (AvgIpc) is 2.64. The molecule has 0 amide bonds. The Morgan fingerprint density at radius 2 is 2.08 bits per heavy atom. The van der Waals surface area contributed by atoms with Gasteiger partial charge in [-0.3, -0.25) is 0 Å². The predicted octanol–water partition coefficient (Wildman–Crippen LogP) is 2.17. The number of anilines is 1. The number of hydrogen-bond acceptors (Lipinski definition) is 2. The monoisotopic (exact) mass is 161 g/mol. The second kappa shape index (κ2) is 2.02. The van der Waals surface area contributed by atoms with Crippen LogP contribution in [0.25, 0.3) is 0 Å². The molecule has 2 nitrogen and oxygen atoms in total. The normalized spacial score (nSPS) is 30.7. The first kappa shape index (κ1) is 6.49. The molecule has 62 valence electrons. The highest BCUT2D eigenvalue weighted by Gasteiger charge is 2.38. The summed E-state index contributed by atoms with van der Waals surface area (Å²) in [7, 11) is 0. The zero-order chi connectivity index (χ0) is 8.13. The molecule has 2 heteroatoms. The predicted molar refractivity (Wildman–Crippen MR) is 46.7 cm³/mol. The molecular formula is C10H11NO. The second-order valence-corrected chi connectivity index (χ2v) is 3.54. The van der Waals surface area contributed by atoms with Crippen molar-refractivity contribution < 1.29 is 4.74 Å². The van der Waals surface area contributed by atoms with E-state index in [1.54, 1.807) is 0 Å². The van der Waals surface area contributed by atoms with E-state index >= 15 is 0 Å². The molecule has 12 heavy (non-hydrogen) atoms. The fourth-order valence-corrected chi connectivity index (χ4v) is 2.33. The highest BCUT2D eigenvalue weighted by molar-refractivity contribution is 5.55. The molecule has 1 saturated heterocycles. The van der Waals surface area contributed by atoms with Gasteiger partial charge in [0.1, 0.15) is 0 Å². The number of nitrogens with two attached hydrogens (primary N) is 1. The van der Waals surface area contributed by atoms with Gasteiger partial charge in [0.15, 0.2) is 0 Å². The van der Waals surface area contributed by atoms with Crippen LogP contribution in [-0.2, 0) is 4.74 Å². The highest BCUT2D eigenvalue weighted by Crippen LogP contribution is 2.52. The molecule has 3 rings (SSSR count). The van der Waals surface area contributed by atoms with Gasteiger partial charge in [0.05, 0.1) is 12.2 Å². The molecular weight excluding hydrogens is 150 g/mol. The van der Waals surface area contributed by atoms with E-state index in [0.717, 1.165) is 12.1 Å². The summed E-state index contributed by atoms with van der Waals surface area (Å²) in [6.07, 6.45) is 2.95. The van der Waals surface area contributed by atoms with E-state index in [1.165, 1.54) is 17.5 Å². The summed E-state index contributed by atoms with van der Waals surface area (Å²) < 4.78 is 5.74. The van der Waals surface area contributed by atoms with E-state index in [0.29, 0.717) is 12.2 Å². The van der Waals surface area contributed by atoms with Gasteiger partial charge in [-0.15, -0.1) is 0 Å². The Morgan fingerprint density at radius 1 is 1.25 bits per heavy atom. The molecule has 2 atom stereocenters. The van der Waals surface area contributed by atoms with Gasteiger partial charge in [0, 0.05) is 11.3 Å². The van der Waals surface area contributed by atoms with Crippen molar-refractivity contribution in [1.82, 2.24) is 0 Å². The van der Waals surface area contributed by atoms with Crippen molar-refractivity contribution in [1.29, 1.82) is 0 Å². The second-order valence-electron chi connectivity index (χ2n) is 3.54. The van der Waals surface area contributed by atoms with Gasteiger partial charge in [-0.1, -0.05) is 12.1 Å². The summed E-state index contributed by atoms with van der Waals surface area (Å²) in [6.45, 7) is 0. The van der Waals surface area contributed by atoms with Crippen LogP contribution < -0.4 is 5.73 Å². The Bertz CT molecular complexity index is 335. The zero-order valence-corrected chi connectivity index (χ0v) is 6.79. The molecule has 0 radical (unpaired) electrons. The fourth-order valence-electron chi connectivity index (χ4n) is 2.33. The van der Waals surface area contributed by atoms with E-state index in [4.69, 9.17) is 10.5 Å². The molecule has 1 aromatic carbocycles. The molecule has 0 unspecified atom stereocenters. The van der Waals surface area contributed by atoms with E-state index in [-0.39, 0.29) is 0 Å². The average molecular weight is 161 g/mol. The largest absolute Gasteiger partial charge is 0.398 e. The van der Waals surface area contributed by atoms with Crippen LogP contribution >= 0.6 is 0 Å². The van der Waals surface area contributed by atoms with E-state index < -0.39 is 0 Å². The third kappa shape index (κ3) is 0.636. The van der Waals surface area contributed by atoms with Gasteiger partial charge in [0.2, 0.25) is 0 Å². The Balaban J connectivity index is 2.26. The molecule has 1 fully saturated rings. The van der Waals surface area contributed by atoms with Crippen LogP contribution in [-0.4, -0.2) is 0 Å². The Kier molecular flexibility index (Phi) is 1.09. The van der Waals surface area contributed by atoms with Gasteiger partial charge < -0.3 is 10.5 Å². The molecule has 0 aromatic heterocycles. The molecule has 0 aliphatic carbocycles. The summed E-state index contributed by atoms with van der Waals surface area (Å²) in [5.74, 6) is 0. The van der Waals surface area contributed by atoms with Gasteiger partial charge in [-0.2, -0.15) is 0 Å². The summed E-state index contributed by atoms with van der Waals surface area (Å²) in [5.41, 5.74) is 9.36. The zero-order valence-electron chi connectivity index (χ0n) is 6.79. The molecule has 2 N–H and O–H groups in total. The minimum atomic E-state index is 0.297. The maximum atomic E-state index is 5.88. The number of hydrogen-bond donors (Lipinski definition) is 1. The number of nitrogen functional groups attached to an aromatic ring is 1. The Hall–Kier alpha value is -1.02. The standard InChI is InChI=1S/C10H11NO/c11-7-3-1-2-6-8-4-5-9(12-8)10(6)7/h1-3,8-9H,4-5,11H2/t8-,9+/m1/s1. The summed E-state index contributed by atoms with van der Waals surface area (Å²) in [4.78, 5) is 0. The molecule has 2 bridgehead atoms. The van der Waals surface area contributed by atoms with Crippen molar-refractivity contribution in [3.05, 3.63) is 29.3 Å². The van der Waals surface area contributed by atoms with Crippen LogP contribution in [0.15, 0.2) is 18.2 Å². The van der Waals surface area contributed by atoms with Crippen LogP contribution in [0.5, 0.6) is 0 Å². The van der Waals surface area contributed by atoms with Gasteiger partial charge in [-0.05, 0) is 24.5 Å². The lowest BCUT2D eigenvalue weighted by atomic mass is 9.91.